The maximum atomic E-state index is 13.8. The minimum Gasteiger partial charge on any atom is -0.340 e. The molecule has 10 aliphatic rings. The average Bonchev–Trinajstić information content (AvgIpc) is 1.54. The Hall–Kier alpha value is -14.9. The number of rotatable bonds is 24. The number of carbonyl (C=O) groups excluding carboxylic acids is 12. The molecule has 36 nitrogen and oxygen atoms in total. The number of nitrogens with one attached hydrogen (secondary N) is 12. The first-order chi connectivity index (χ1) is 64.5. The van der Waals surface area contributed by atoms with Gasteiger partial charge in [0.1, 0.15) is 51.4 Å². The highest BCUT2D eigenvalue weighted by molar-refractivity contribution is 6.46. The quantitative estimate of drug-likeness (QED) is 0.0197. The van der Waals surface area contributed by atoms with Crippen LogP contribution in [-0.2, 0) is 80.1 Å². The Labute approximate surface area is 772 Å². The van der Waals surface area contributed by atoms with Crippen molar-refractivity contribution >= 4 is 105 Å². The van der Waals surface area contributed by atoms with E-state index in [-0.39, 0.29) is 46.6 Å². The van der Waals surface area contributed by atoms with E-state index in [1.807, 2.05) is 76.9 Å². The third-order valence-corrected chi connectivity index (χ3v) is 27.7. The molecule has 0 spiro atoms. The molecule has 8 aromatic heterocycles. The number of hydrogen-bond acceptors (Lipinski definition) is 20. The molecule has 4 atom stereocenters. The van der Waals surface area contributed by atoms with Crippen molar-refractivity contribution in [2.75, 3.05) is 21.3 Å². The largest absolute Gasteiger partial charge is 0.340 e. The van der Waals surface area contributed by atoms with Crippen LogP contribution >= 0.6 is 11.6 Å². The van der Waals surface area contributed by atoms with Crippen LogP contribution in [0.25, 0.3) is 0 Å². The summed E-state index contributed by atoms with van der Waals surface area (Å²) < 4.78 is 49.0. The van der Waals surface area contributed by atoms with Gasteiger partial charge in [-0.15, -0.1) is 0 Å². The number of aryl methyl sites for hydroxylation is 4. The number of fused-ring (bicyclic) bond motifs is 8. The zero-order valence-corrected chi connectivity index (χ0v) is 75.5. The first kappa shape index (κ1) is 89.3. The fourth-order valence-electron chi connectivity index (χ4n) is 20.3. The molecule has 22 rings (SSSR count). The van der Waals surface area contributed by atoms with Gasteiger partial charge in [-0.3, -0.25) is 57.5 Å². The number of amides is 8. The number of carbonyl (C=O) groups is 12. The summed E-state index contributed by atoms with van der Waals surface area (Å²) in [5.74, 6) is -9.91. The van der Waals surface area contributed by atoms with Crippen molar-refractivity contribution in [3.05, 3.63) is 256 Å². The van der Waals surface area contributed by atoms with E-state index in [0.717, 1.165) is 53.8 Å². The molecule has 6 saturated carbocycles. The van der Waals surface area contributed by atoms with E-state index < -0.39 is 99.4 Å². The number of halogens is 4. The van der Waals surface area contributed by atoms with Gasteiger partial charge < -0.3 is 60.8 Å². The first-order valence-corrected chi connectivity index (χ1v) is 45.1. The number of aromatic nitrogens is 16. The van der Waals surface area contributed by atoms with Gasteiger partial charge in [-0.2, -0.15) is 61.6 Å². The summed E-state index contributed by atoms with van der Waals surface area (Å²) >= 11 is 6.12. The average molecular weight is 1860 g/mol. The molecule has 12 heterocycles. The van der Waals surface area contributed by atoms with Gasteiger partial charge in [-0.25, -0.2) is 13.2 Å². The molecule has 0 saturated heterocycles. The second-order valence-corrected chi connectivity index (χ2v) is 37.6. The molecule has 0 bridgehead atoms. The number of nitrogens with zero attached hydrogens (tertiary/aromatic N) is 12. The number of aromatic amines is 4. The molecular formula is C95H94ClF3N24O12. The lowest BCUT2D eigenvalue weighted by Gasteiger charge is -2.46. The molecule has 4 aliphatic heterocycles. The summed E-state index contributed by atoms with van der Waals surface area (Å²) in [6.07, 6.45) is 14.7. The van der Waals surface area contributed by atoms with Crippen molar-refractivity contribution in [1.29, 1.82) is 0 Å². The normalized spacial score (nSPS) is 18.8. The summed E-state index contributed by atoms with van der Waals surface area (Å²) in [5, 5.41) is 64.1. The molecule has 6 aliphatic carbocycles. The molecule has 694 valence electrons. The summed E-state index contributed by atoms with van der Waals surface area (Å²) in [4.78, 5) is 158. The van der Waals surface area contributed by atoms with E-state index in [1.165, 1.54) is 24.5 Å². The Balaban J connectivity index is 0.000000116. The smallest absolute Gasteiger partial charge is 0.293 e. The van der Waals surface area contributed by atoms with E-state index in [2.05, 4.69) is 104 Å². The molecular weight excluding hydrogens is 1760 g/mol. The van der Waals surface area contributed by atoms with Crippen molar-refractivity contribution in [2.24, 2.45) is 11.8 Å². The van der Waals surface area contributed by atoms with Gasteiger partial charge in [0.15, 0.2) is 0 Å². The zero-order chi connectivity index (χ0) is 95.0. The Morgan fingerprint density at radius 3 is 1.04 bits per heavy atom. The monoisotopic (exact) mass is 1850 g/mol. The van der Waals surface area contributed by atoms with E-state index >= 15 is 0 Å². The maximum absolute atomic E-state index is 13.8. The summed E-state index contributed by atoms with van der Waals surface area (Å²) in [7, 11) is 0. The van der Waals surface area contributed by atoms with Crippen molar-refractivity contribution in [2.45, 2.75) is 211 Å². The van der Waals surface area contributed by atoms with Crippen LogP contribution in [0.5, 0.6) is 0 Å². The Kier molecular flexibility index (Phi) is 22.5. The van der Waals surface area contributed by atoms with Gasteiger partial charge in [0.25, 0.3) is 76.3 Å². The molecule has 4 aromatic carbocycles. The third-order valence-electron chi connectivity index (χ3n) is 27.5. The molecule has 40 heteroatoms. The molecule has 6 fully saturated rings. The van der Waals surface area contributed by atoms with Gasteiger partial charge in [0.2, 0.25) is 0 Å². The fraction of sp³-hybridized carbons (Fsp3) is 0.368. The van der Waals surface area contributed by atoms with Crippen LogP contribution in [0.1, 0.15) is 263 Å². The van der Waals surface area contributed by atoms with Gasteiger partial charge in [0, 0.05) is 88.6 Å². The predicted molar refractivity (Wildman–Crippen MR) is 481 cm³/mol. The zero-order valence-electron chi connectivity index (χ0n) is 74.7. The van der Waals surface area contributed by atoms with Crippen LogP contribution in [0.4, 0.5) is 35.9 Å². The van der Waals surface area contributed by atoms with E-state index in [0.29, 0.717) is 207 Å². The van der Waals surface area contributed by atoms with Crippen LogP contribution in [0.3, 0.4) is 0 Å². The SMILES string of the molecule is Cc1cc(Cl)cc(NC(=O)c2c(C)c(C(=O)C(=O)NC3(c4cn[nH]n4)CC3)c3n2CCC3)c1.Cc1cc(F)cc(NC(=O)c2c(C)c(C(=O)C(=O)NC3(c4cn[nH]n4)CC3)c3n2CCC3)c1.Cc1ccc(NC(=O)c2c(C)c(C(=O)C(=O)NC3(c4cn[nH]n4)CC(F)(F)C3)c3n2[C@@H]2C[C@@H]2C3)cc1.Cc1ccc(NC(=O)c2c(C)c(C(=O)C(=O)NC3(c4cn[nH]n4)CC3)c3n2[C@@H]2C[C@@H]2C3)cc1. The van der Waals surface area contributed by atoms with Crippen molar-refractivity contribution < 1.29 is 70.7 Å². The lowest BCUT2D eigenvalue weighted by molar-refractivity contribution is -0.148. The topological polar surface area (TPSA) is 487 Å². The second kappa shape index (κ2) is 34.0. The number of benzene rings is 4. The van der Waals surface area contributed by atoms with Gasteiger partial charge in [0.05, 0.1) is 69.2 Å². The molecule has 0 radical (unpaired) electrons. The molecule has 12 N–H and O–H groups in total. The highest BCUT2D eigenvalue weighted by Crippen LogP contribution is 2.57. The highest BCUT2D eigenvalue weighted by atomic mass is 35.5. The van der Waals surface area contributed by atoms with Crippen LogP contribution in [0.15, 0.2) is 110 Å². The Morgan fingerprint density at radius 2 is 0.704 bits per heavy atom. The summed E-state index contributed by atoms with van der Waals surface area (Å²) in [5.41, 5.74) is 12.0. The number of hydrogen-bond donors (Lipinski definition) is 12. The molecule has 12 aromatic rings. The van der Waals surface area contributed by atoms with Crippen molar-refractivity contribution in [3.8, 4) is 0 Å². The number of Topliss-reactive ketones (excluding diaryl/α,β-unsaturated/α-hetero) is 4. The van der Waals surface area contributed by atoms with Gasteiger partial charge in [-0.1, -0.05) is 47.0 Å². The summed E-state index contributed by atoms with van der Waals surface area (Å²) in [6, 6.07) is 24.9. The third kappa shape index (κ3) is 16.8. The molecule has 0 unspecified atom stereocenters. The Morgan fingerprint density at radius 1 is 0.385 bits per heavy atom. The minimum absolute atomic E-state index is 0.119. The van der Waals surface area contributed by atoms with Crippen molar-refractivity contribution in [1.82, 2.24) is 101 Å². The lowest BCUT2D eigenvalue weighted by Crippen LogP contribution is -2.61. The van der Waals surface area contributed by atoms with E-state index in [9.17, 15) is 70.7 Å². The van der Waals surface area contributed by atoms with E-state index in [4.69, 9.17) is 11.6 Å². The minimum atomic E-state index is -2.98. The number of H-pyrrole nitrogens is 4. The maximum Gasteiger partial charge on any atom is 0.293 e. The number of anilines is 4. The van der Waals surface area contributed by atoms with Crippen molar-refractivity contribution in [3.63, 3.8) is 0 Å². The Bertz CT molecular complexity index is 6690. The summed E-state index contributed by atoms with van der Waals surface area (Å²) in [6.45, 7) is 15.5. The van der Waals surface area contributed by atoms with Gasteiger partial charge in [-0.05, 0) is 251 Å². The fourth-order valence-corrected chi connectivity index (χ4v) is 20.6. The second-order valence-electron chi connectivity index (χ2n) is 37.1. The van der Waals surface area contributed by atoms with E-state index in [1.54, 1.807) is 81.9 Å². The number of alkyl halides is 2. The van der Waals surface area contributed by atoms with Crippen LogP contribution in [-0.4, -0.2) is 156 Å². The lowest BCUT2D eigenvalue weighted by atomic mass is 9.71. The number of ketones is 4. The van der Waals surface area contributed by atoms with Crippen LogP contribution in [0, 0.1) is 73.0 Å². The van der Waals surface area contributed by atoms with Crippen LogP contribution < -0.4 is 42.5 Å². The van der Waals surface area contributed by atoms with Crippen LogP contribution in [0.2, 0.25) is 5.02 Å². The molecule has 8 amide bonds. The molecule has 135 heavy (non-hydrogen) atoms. The highest BCUT2D eigenvalue weighted by Gasteiger charge is 2.61. The standard InChI is InChI=1S/C25H24F2N6O3.C24H24N6O3.C23H23ClN6O3.C23H23FN6O3/c1-12-3-5-15(6-4-12)29-22(35)20-13(2)19(17-8-14-7-16(14)33(17)20)21(34)23(36)30-24(10-25(26,27)11-24)18-9-28-32-31-18;1-12-3-5-15(6-4-12)26-22(32)20-13(2)19(17-10-14-9-16(14)30(17)20)21(31)23(33)27-24(7-8-24)18-11-25-29-28-18;2*1-12-8-14(24)10-15(9-12)26-21(32)19-13(2)18(16-4-3-7-30(16)19)20(31)22(33)27-23(5-6-23)17-11-25-29-28-17/h3-6,9,14,16H,7-8,10-11H2,1-2H3,(H,29,35)(H,30,36)(H,28,31,32);3-6,11,14,16H,7-10H2,1-2H3,(H,26,32)(H,27,33)(H,25,28,29);2*8-11H,3-7H2,1-2H3,(H,26,32)(H,27,33)(H,25,28,29)/t2*14-,16-;;/m11../s1. The first-order valence-electron chi connectivity index (χ1n) is 44.7. The predicted octanol–water partition coefficient (Wildman–Crippen LogP) is 11.4. The van der Waals surface area contributed by atoms with Gasteiger partial charge >= 0.3 is 0 Å².